The van der Waals surface area contributed by atoms with Crippen molar-refractivity contribution in [2.75, 3.05) is 33.9 Å². The Morgan fingerprint density at radius 1 is 0.980 bits per heavy atom. The largest absolute Gasteiger partial charge is 0.464 e. The van der Waals surface area contributed by atoms with E-state index in [-0.39, 0.29) is 67.9 Å². The van der Waals surface area contributed by atoms with Gasteiger partial charge in [-0.15, -0.1) is 0 Å². The minimum absolute atomic E-state index is 0.00711. The average molecular weight is 704 g/mol. The van der Waals surface area contributed by atoms with E-state index in [9.17, 15) is 19.2 Å². The van der Waals surface area contributed by atoms with Gasteiger partial charge in [0.2, 0.25) is 17.7 Å². The zero-order valence-corrected chi connectivity index (χ0v) is 31.9. The highest BCUT2D eigenvalue weighted by Gasteiger charge is 2.41. The van der Waals surface area contributed by atoms with Crippen molar-refractivity contribution >= 4 is 23.7 Å². The number of likely N-dealkylation sites (tertiary alicyclic amines) is 1. The van der Waals surface area contributed by atoms with Gasteiger partial charge in [-0.05, 0) is 50.5 Å². The summed E-state index contributed by atoms with van der Waals surface area (Å²) in [5.41, 5.74) is 6.42. The molecule has 2 rings (SSSR count). The van der Waals surface area contributed by atoms with Crippen molar-refractivity contribution in [3.63, 3.8) is 0 Å². The molecule has 284 valence electrons. The van der Waals surface area contributed by atoms with Crippen LogP contribution in [0.25, 0.3) is 0 Å². The van der Waals surface area contributed by atoms with Gasteiger partial charge in [-0.25, -0.2) is 0 Å². The van der Waals surface area contributed by atoms with Crippen LogP contribution in [0.5, 0.6) is 0 Å². The van der Waals surface area contributed by atoms with Crippen LogP contribution in [0.3, 0.4) is 0 Å². The van der Waals surface area contributed by atoms with E-state index in [2.05, 4.69) is 50.6 Å². The van der Waals surface area contributed by atoms with Gasteiger partial charge < -0.3 is 40.8 Å². The SMILES string of the molecule is CC[C@H](C)[C@H](N[C@@H](C)C(C)C)[C@@H](CC(=O)N1CCC[C@H]1[C@H](OC)[C@@H](C)C(=O)N[C@@H](Cc1ccccc1)C(=O)NCCCOC(=O)[C@H](C)N)OC. The number of benzene rings is 1. The lowest BCUT2D eigenvalue weighted by atomic mass is 9.90. The minimum atomic E-state index is -0.849. The molecule has 1 aromatic carbocycles. The summed E-state index contributed by atoms with van der Waals surface area (Å²) in [7, 11) is 3.23. The van der Waals surface area contributed by atoms with Crippen LogP contribution in [0.15, 0.2) is 30.3 Å². The zero-order valence-electron chi connectivity index (χ0n) is 31.9. The van der Waals surface area contributed by atoms with Gasteiger partial charge in [0.25, 0.3) is 0 Å². The number of carbonyl (C=O) groups excluding carboxylic acids is 4. The maximum Gasteiger partial charge on any atom is 0.322 e. The van der Waals surface area contributed by atoms with Crippen molar-refractivity contribution in [3.8, 4) is 0 Å². The summed E-state index contributed by atoms with van der Waals surface area (Å²) in [5.74, 6) is -1.12. The molecule has 1 fully saturated rings. The molecule has 3 amide bonds. The second kappa shape index (κ2) is 22.0. The first-order valence-corrected chi connectivity index (χ1v) is 18.4. The number of amides is 3. The van der Waals surface area contributed by atoms with E-state index in [1.807, 2.05) is 35.2 Å². The Balaban J connectivity index is 2.15. The lowest BCUT2D eigenvalue weighted by molar-refractivity contribution is -0.144. The molecule has 12 heteroatoms. The normalized spacial score (nSPS) is 19.5. The molecular weight excluding hydrogens is 638 g/mol. The summed E-state index contributed by atoms with van der Waals surface area (Å²) in [6.45, 7) is 15.1. The number of hydrogen-bond donors (Lipinski definition) is 4. The summed E-state index contributed by atoms with van der Waals surface area (Å²) >= 11 is 0. The van der Waals surface area contributed by atoms with E-state index < -0.39 is 30.1 Å². The van der Waals surface area contributed by atoms with Crippen LogP contribution in [0.1, 0.15) is 86.1 Å². The Morgan fingerprint density at radius 2 is 1.66 bits per heavy atom. The smallest absolute Gasteiger partial charge is 0.322 e. The number of methoxy groups -OCH3 is 2. The Kier molecular flexibility index (Phi) is 19.0. The third-order valence-corrected chi connectivity index (χ3v) is 10.1. The Labute approximate surface area is 300 Å². The molecule has 50 heavy (non-hydrogen) atoms. The summed E-state index contributed by atoms with van der Waals surface area (Å²) in [4.78, 5) is 54.6. The van der Waals surface area contributed by atoms with E-state index in [1.54, 1.807) is 28.1 Å². The topological polar surface area (TPSA) is 161 Å². The second-order valence-electron chi connectivity index (χ2n) is 14.2. The minimum Gasteiger partial charge on any atom is -0.464 e. The molecule has 1 saturated heterocycles. The monoisotopic (exact) mass is 703 g/mol. The standard InChI is InChI=1S/C38H65N5O7/c1-10-25(4)34(41-28(7)24(2)3)32(48-8)23-33(44)43-20-14-18-31(43)35(49-9)26(5)36(45)42-30(22-29-16-12-11-13-17-29)37(46)40-19-15-21-50-38(47)27(6)39/h11-13,16-17,24-28,30-32,34-35,41H,10,14-15,18-23,39H2,1-9H3,(H,40,46)(H,42,45)/t25-,26+,27-,28-,30-,31-,32+,34-,35+/m0/s1. The number of rotatable bonds is 22. The molecule has 0 radical (unpaired) electrons. The van der Waals surface area contributed by atoms with E-state index in [0.717, 1.165) is 18.4 Å². The quantitative estimate of drug-likeness (QED) is 0.105. The highest BCUT2D eigenvalue weighted by molar-refractivity contribution is 5.89. The summed E-state index contributed by atoms with van der Waals surface area (Å²) < 4.78 is 17.0. The van der Waals surface area contributed by atoms with Crippen molar-refractivity contribution in [1.29, 1.82) is 0 Å². The van der Waals surface area contributed by atoms with Crippen LogP contribution in [0.4, 0.5) is 0 Å². The highest BCUT2D eigenvalue weighted by Crippen LogP contribution is 2.28. The van der Waals surface area contributed by atoms with Crippen molar-refractivity contribution in [1.82, 2.24) is 20.9 Å². The fourth-order valence-corrected chi connectivity index (χ4v) is 6.39. The number of hydrogen-bond acceptors (Lipinski definition) is 9. The fourth-order valence-electron chi connectivity index (χ4n) is 6.39. The molecule has 1 heterocycles. The van der Waals surface area contributed by atoms with Crippen LogP contribution in [0, 0.1) is 17.8 Å². The molecule has 5 N–H and O–H groups in total. The molecule has 1 aromatic rings. The molecule has 0 spiro atoms. The van der Waals surface area contributed by atoms with Gasteiger partial charge in [-0.2, -0.15) is 0 Å². The molecule has 9 atom stereocenters. The maximum absolute atomic E-state index is 13.9. The number of carbonyl (C=O) groups is 4. The predicted octanol–water partition coefficient (Wildman–Crippen LogP) is 3.21. The van der Waals surface area contributed by atoms with Crippen LogP contribution >= 0.6 is 0 Å². The average Bonchev–Trinajstić information content (AvgIpc) is 3.58. The van der Waals surface area contributed by atoms with Crippen LogP contribution in [0.2, 0.25) is 0 Å². The first kappa shape index (κ1) is 43.1. The van der Waals surface area contributed by atoms with Crippen LogP contribution in [-0.2, 0) is 39.8 Å². The van der Waals surface area contributed by atoms with Gasteiger partial charge in [0.1, 0.15) is 12.1 Å². The van der Waals surface area contributed by atoms with Crippen molar-refractivity contribution < 1.29 is 33.4 Å². The Hall–Kier alpha value is -3.06. The zero-order chi connectivity index (χ0) is 37.4. The predicted molar refractivity (Wildman–Crippen MR) is 195 cm³/mol. The molecule has 1 aliphatic heterocycles. The van der Waals surface area contributed by atoms with E-state index in [0.29, 0.717) is 31.2 Å². The van der Waals surface area contributed by atoms with Crippen molar-refractivity contribution in [2.45, 2.75) is 129 Å². The Bertz CT molecular complexity index is 1180. The van der Waals surface area contributed by atoms with E-state index >= 15 is 0 Å². The summed E-state index contributed by atoms with van der Waals surface area (Å²) in [6.07, 6.45) is 2.49. The van der Waals surface area contributed by atoms with E-state index in [4.69, 9.17) is 19.9 Å². The molecule has 0 aliphatic carbocycles. The number of nitrogens with one attached hydrogen (secondary N) is 3. The molecule has 12 nitrogen and oxygen atoms in total. The molecular formula is C38H65N5O7. The van der Waals surface area contributed by atoms with Gasteiger partial charge in [-0.1, -0.05) is 71.4 Å². The highest BCUT2D eigenvalue weighted by atomic mass is 16.5. The summed E-state index contributed by atoms with van der Waals surface area (Å²) in [5, 5.41) is 9.55. The summed E-state index contributed by atoms with van der Waals surface area (Å²) in [6, 6.07) is 7.87. The van der Waals surface area contributed by atoms with Gasteiger partial charge >= 0.3 is 5.97 Å². The molecule has 1 aliphatic rings. The maximum atomic E-state index is 13.9. The third-order valence-electron chi connectivity index (χ3n) is 10.1. The fraction of sp³-hybridized carbons (Fsp3) is 0.737. The van der Waals surface area contributed by atoms with Crippen LogP contribution < -0.4 is 21.7 Å². The van der Waals surface area contributed by atoms with Gasteiger partial charge in [-0.3, -0.25) is 19.2 Å². The van der Waals surface area contributed by atoms with Gasteiger partial charge in [0, 0.05) is 45.8 Å². The molecule has 0 unspecified atom stereocenters. The lowest BCUT2D eigenvalue weighted by Gasteiger charge is -2.37. The third kappa shape index (κ3) is 13.2. The second-order valence-corrected chi connectivity index (χ2v) is 14.2. The lowest BCUT2D eigenvalue weighted by Crippen LogP contribution is -2.55. The van der Waals surface area contributed by atoms with Crippen molar-refractivity contribution in [3.05, 3.63) is 35.9 Å². The van der Waals surface area contributed by atoms with Crippen LogP contribution in [-0.4, -0.2) is 105 Å². The van der Waals surface area contributed by atoms with E-state index in [1.165, 1.54) is 0 Å². The number of esters is 1. The molecule has 0 bridgehead atoms. The van der Waals surface area contributed by atoms with Gasteiger partial charge in [0.05, 0.1) is 37.2 Å². The van der Waals surface area contributed by atoms with Gasteiger partial charge in [0.15, 0.2) is 0 Å². The first-order valence-electron chi connectivity index (χ1n) is 18.4. The Morgan fingerprint density at radius 3 is 2.24 bits per heavy atom. The first-order chi connectivity index (χ1) is 23.7. The number of ether oxygens (including phenoxy) is 3. The number of nitrogens with two attached hydrogens (primary N) is 1. The molecule has 0 saturated carbocycles. The van der Waals surface area contributed by atoms with Crippen molar-refractivity contribution in [2.24, 2.45) is 23.5 Å². The molecule has 0 aromatic heterocycles. The number of nitrogens with zero attached hydrogens (tertiary/aromatic N) is 1.